The van der Waals surface area contributed by atoms with Gasteiger partial charge in [-0.05, 0) is 23.8 Å². The van der Waals surface area contributed by atoms with E-state index >= 15 is 0 Å². The zero-order valence-corrected chi connectivity index (χ0v) is 11.5. The maximum atomic E-state index is 12.0. The van der Waals surface area contributed by atoms with Crippen LogP contribution in [0.1, 0.15) is 15.9 Å². The van der Waals surface area contributed by atoms with E-state index in [1.54, 1.807) is 42.5 Å². The van der Waals surface area contributed by atoms with Gasteiger partial charge in [0, 0.05) is 5.56 Å². The summed E-state index contributed by atoms with van der Waals surface area (Å²) in [5.41, 5.74) is 1.27. The second-order valence-electron chi connectivity index (χ2n) is 4.54. The van der Waals surface area contributed by atoms with Gasteiger partial charge in [-0.25, -0.2) is 0 Å². The van der Waals surface area contributed by atoms with Crippen LogP contribution < -0.4 is 4.74 Å². The van der Waals surface area contributed by atoms with Crippen LogP contribution in [-0.4, -0.2) is 18.6 Å². The molecule has 2 aromatic rings. The number of halogens is 3. The molecule has 0 bridgehead atoms. The van der Waals surface area contributed by atoms with E-state index in [2.05, 4.69) is 4.74 Å². The molecular weight excluding hydrogens is 293 g/mol. The van der Waals surface area contributed by atoms with E-state index in [4.69, 9.17) is 0 Å². The molecule has 0 aliphatic heterocycles. The predicted molar refractivity (Wildman–Crippen MR) is 77.8 cm³/mol. The van der Waals surface area contributed by atoms with E-state index in [1.165, 1.54) is 18.2 Å². The van der Waals surface area contributed by atoms with Crippen molar-refractivity contribution in [3.63, 3.8) is 0 Å². The molecular formula is C17H13F3O2. The molecule has 0 amide bonds. The third-order valence-corrected chi connectivity index (χ3v) is 2.77. The molecule has 0 saturated heterocycles. The Hall–Kier alpha value is -2.56. The van der Waals surface area contributed by atoms with Gasteiger partial charge in [-0.15, -0.1) is 0 Å². The SMILES string of the molecule is O=C(/C=C/c1ccc(OCC(F)(F)F)cc1)c1ccccc1. The van der Waals surface area contributed by atoms with Crippen LogP contribution >= 0.6 is 0 Å². The highest BCUT2D eigenvalue weighted by Gasteiger charge is 2.28. The number of carbonyl (C=O) groups is 1. The highest BCUT2D eigenvalue weighted by atomic mass is 19.4. The highest BCUT2D eigenvalue weighted by molar-refractivity contribution is 6.06. The van der Waals surface area contributed by atoms with Gasteiger partial charge in [0.15, 0.2) is 12.4 Å². The first-order valence-electron chi connectivity index (χ1n) is 6.51. The van der Waals surface area contributed by atoms with Crippen molar-refractivity contribution in [2.75, 3.05) is 6.61 Å². The molecule has 0 aliphatic carbocycles. The number of hydrogen-bond acceptors (Lipinski definition) is 2. The van der Waals surface area contributed by atoms with E-state index < -0.39 is 12.8 Å². The van der Waals surface area contributed by atoms with Crippen molar-refractivity contribution in [3.8, 4) is 5.75 Å². The van der Waals surface area contributed by atoms with Gasteiger partial charge in [-0.2, -0.15) is 13.2 Å². The van der Waals surface area contributed by atoms with Gasteiger partial charge in [0.25, 0.3) is 0 Å². The molecule has 0 atom stereocenters. The largest absolute Gasteiger partial charge is 0.484 e. The maximum Gasteiger partial charge on any atom is 0.422 e. The molecule has 2 rings (SSSR count). The number of carbonyl (C=O) groups excluding carboxylic acids is 1. The lowest BCUT2D eigenvalue weighted by Gasteiger charge is -2.08. The lowest BCUT2D eigenvalue weighted by Crippen LogP contribution is -2.19. The first-order chi connectivity index (χ1) is 10.4. The first kappa shape index (κ1) is 15.8. The lowest BCUT2D eigenvalue weighted by molar-refractivity contribution is -0.153. The van der Waals surface area contributed by atoms with Gasteiger partial charge in [0.05, 0.1) is 0 Å². The summed E-state index contributed by atoms with van der Waals surface area (Å²) in [4.78, 5) is 11.9. The van der Waals surface area contributed by atoms with E-state index in [-0.39, 0.29) is 11.5 Å². The van der Waals surface area contributed by atoms with Crippen LogP contribution in [0.5, 0.6) is 5.75 Å². The first-order valence-corrected chi connectivity index (χ1v) is 6.51. The van der Waals surface area contributed by atoms with Gasteiger partial charge >= 0.3 is 6.18 Å². The molecule has 0 fully saturated rings. The van der Waals surface area contributed by atoms with Gasteiger partial charge < -0.3 is 4.74 Å². The Morgan fingerprint density at radius 1 is 1.00 bits per heavy atom. The number of benzene rings is 2. The fraction of sp³-hybridized carbons (Fsp3) is 0.118. The summed E-state index contributed by atoms with van der Waals surface area (Å²) in [6, 6.07) is 14.8. The van der Waals surface area contributed by atoms with Crippen LogP contribution in [0.15, 0.2) is 60.7 Å². The molecule has 0 aromatic heterocycles. The van der Waals surface area contributed by atoms with Crippen molar-refractivity contribution in [1.29, 1.82) is 0 Å². The number of ether oxygens (including phenoxy) is 1. The topological polar surface area (TPSA) is 26.3 Å². The Morgan fingerprint density at radius 3 is 2.23 bits per heavy atom. The van der Waals surface area contributed by atoms with E-state index in [0.29, 0.717) is 11.1 Å². The predicted octanol–water partition coefficient (Wildman–Crippen LogP) is 4.52. The standard InChI is InChI=1S/C17H13F3O2/c18-17(19,20)12-22-15-9-6-13(7-10-15)8-11-16(21)14-4-2-1-3-5-14/h1-11H,12H2/b11-8+. The van der Waals surface area contributed by atoms with E-state index in [0.717, 1.165) is 0 Å². The molecule has 0 saturated carbocycles. The summed E-state index contributed by atoms with van der Waals surface area (Å²) >= 11 is 0. The molecule has 0 radical (unpaired) electrons. The van der Waals surface area contributed by atoms with E-state index in [9.17, 15) is 18.0 Å². The third kappa shape index (κ3) is 5.09. The Bertz CT molecular complexity index is 644. The normalized spacial score (nSPS) is 11.6. The highest BCUT2D eigenvalue weighted by Crippen LogP contribution is 2.19. The van der Waals surface area contributed by atoms with Gasteiger partial charge in [0.1, 0.15) is 5.75 Å². The van der Waals surface area contributed by atoms with Crippen LogP contribution in [0.4, 0.5) is 13.2 Å². The minimum Gasteiger partial charge on any atom is -0.484 e. The van der Waals surface area contributed by atoms with Crippen molar-refractivity contribution in [2.45, 2.75) is 6.18 Å². The quantitative estimate of drug-likeness (QED) is 0.599. The van der Waals surface area contributed by atoms with Crippen molar-refractivity contribution < 1.29 is 22.7 Å². The Balaban J connectivity index is 1.96. The summed E-state index contributed by atoms with van der Waals surface area (Å²) in [5, 5.41) is 0. The Kier molecular flexibility index (Phi) is 4.99. The minimum absolute atomic E-state index is 0.129. The molecule has 5 heteroatoms. The van der Waals surface area contributed by atoms with Gasteiger partial charge in [0.2, 0.25) is 0 Å². The van der Waals surface area contributed by atoms with Crippen LogP contribution in [0.3, 0.4) is 0 Å². The zero-order valence-electron chi connectivity index (χ0n) is 11.5. The zero-order chi connectivity index (χ0) is 16.0. The fourth-order valence-electron chi connectivity index (χ4n) is 1.71. The van der Waals surface area contributed by atoms with Gasteiger partial charge in [-0.3, -0.25) is 4.79 Å². The van der Waals surface area contributed by atoms with Crippen molar-refractivity contribution in [2.24, 2.45) is 0 Å². The number of ketones is 1. The molecule has 0 aliphatic rings. The Morgan fingerprint density at radius 2 is 1.64 bits per heavy atom. The average molecular weight is 306 g/mol. The smallest absolute Gasteiger partial charge is 0.422 e. The molecule has 0 N–H and O–H groups in total. The average Bonchev–Trinajstić information content (AvgIpc) is 2.52. The van der Waals surface area contributed by atoms with Crippen LogP contribution in [-0.2, 0) is 0 Å². The van der Waals surface area contributed by atoms with Crippen LogP contribution in [0.25, 0.3) is 6.08 Å². The minimum atomic E-state index is -4.36. The van der Waals surface area contributed by atoms with Crippen molar-refractivity contribution in [1.82, 2.24) is 0 Å². The molecule has 2 aromatic carbocycles. The molecule has 114 valence electrons. The fourth-order valence-corrected chi connectivity index (χ4v) is 1.71. The molecule has 22 heavy (non-hydrogen) atoms. The van der Waals surface area contributed by atoms with E-state index in [1.807, 2.05) is 6.07 Å². The van der Waals surface area contributed by atoms with Crippen LogP contribution in [0.2, 0.25) is 0 Å². The second-order valence-corrected chi connectivity index (χ2v) is 4.54. The number of allylic oxidation sites excluding steroid dienone is 1. The van der Waals surface area contributed by atoms with Crippen LogP contribution in [0, 0.1) is 0 Å². The summed E-state index contributed by atoms with van der Waals surface area (Å²) in [6.45, 7) is -1.32. The lowest BCUT2D eigenvalue weighted by atomic mass is 10.1. The monoisotopic (exact) mass is 306 g/mol. The van der Waals surface area contributed by atoms with Gasteiger partial charge in [-0.1, -0.05) is 48.5 Å². The molecule has 0 heterocycles. The number of rotatable bonds is 5. The summed E-state index contributed by atoms with van der Waals surface area (Å²) in [5.74, 6) is -0.0122. The summed E-state index contributed by atoms with van der Waals surface area (Å²) < 4.78 is 40.7. The van der Waals surface area contributed by atoms with Crippen molar-refractivity contribution >= 4 is 11.9 Å². The molecule has 0 unspecified atom stereocenters. The number of alkyl halides is 3. The Labute approximate surface area is 125 Å². The van der Waals surface area contributed by atoms with Crippen molar-refractivity contribution in [3.05, 3.63) is 71.8 Å². The third-order valence-electron chi connectivity index (χ3n) is 2.77. The maximum absolute atomic E-state index is 12.0. The number of hydrogen-bond donors (Lipinski definition) is 0. The molecule has 0 spiro atoms. The summed E-state index contributed by atoms with van der Waals surface area (Å²) in [6.07, 6.45) is -1.34. The second kappa shape index (κ2) is 6.93. The summed E-state index contributed by atoms with van der Waals surface area (Å²) in [7, 11) is 0. The molecule has 2 nitrogen and oxygen atoms in total.